The topological polar surface area (TPSA) is 50.8 Å². The normalized spacial score (nSPS) is 10.1. The first-order chi connectivity index (χ1) is 11.0. The van der Waals surface area contributed by atoms with Gasteiger partial charge in [-0.3, -0.25) is 4.79 Å². The Labute approximate surface area is 136 Å². The van der Waals surface area contributed by atoms with Crippen LogP contribution in [0.2, 0.25) is 0 Å². The van der Waals surface area contributed by atoms with Gasteiger partial charge in [-0.2, -0.15) is 0 Å². The number of rotatable bonds is 5. The third-order valence-electron chi connectivity index (χ3n) is 3.60. The predicted molar refractivity (Wildman–Crippen MR) is 93.0 cm³/mol. The van der Waals surface area contributed by atoms with Crippen molar-refractivity contribution in [3.63, 3.8) is 0 Å². The van der Waals surface area contributed by atoms with Crippen LogP contribution in [0.1, 0.15) is 15.9 Å². The number of carbonyl (C=O) groups is 1. The molecule has 23 heavy (non-hydrogen) atoms. The first-order valence-corrected chi connectivity index (χ1v) is 7.27. The molecule has 0 fully saturated rings. The van der Waals surface area contributed by atoms with Crippen molar-refractivity contribution in [2.24, 2.45) is 0 Å². The lowest BCUT2D eigenvalue weighted by Crippen LogP contribution is -2.15. The van der Waals surface area contributed by atoms with Gasteiger partial charge in [0.25, 0.3) is 5.91 Å². The Morgan fingerprint density at radius 2 is 1.78 bits per heavy atom. The number of aryl methyl sites for hydroxylation is 1. The lowest BCUT2D eigenvalue weighted by molar-refractivity contribution is 0.102. The second-order valence-corrected chi connectivity index (χ2v) is 5.42. The van der Waals surface area contributed by atoms with Gasteiger partial charge in [-0.15, -0.1) is 0 Å². The van der Waals surface area contributed by atoms with E-state index in [0.29, 0.717) is 22.7 Å². The fourth-order valence-electron chi connectivity index (χ4n) is 2.40. The highest BCUT2D eigenvalue weighted by atomic mass is 16.5. The van der Waals surface area contributed by atoms with E-state index in [-0.39, 0.29) is 5.91 Å². The van der Waals surface area contributed by atoms with Crippen LogP contribution in [-0.2, 0) is 0 Å². The molecule has 0 saturated carbocycles. The van der Waals surface area contributed by atoms with E-state index in [9.17, 15) is 4.79 Å². The summed E-state index contributed by atoms with van der Waals surface area (Å²) in [6, 6.07) is 10.9. The maximum absolute atomic E-state index is 12.5. The monoisotopic (exact) mass is 314 g/mol. The van der Waals surface area contributed by atoms with Crippen LogP contribution >= 0.6 is 0 Å². The molecule has 122 valence electrons. The van der Waals surface area contributed by atoms with Gasteiger partial charge >= 0.3 is 0 Å². The Bertz CT molecular complexity index is 711. The smallest absolute Gasteiger partial charge is 0.255 e. The molecule has 5 nitrogen and oxygen atoms in total. The van der Waals surface area contributed by atoms with Gasteiger partial charge in [0.1, 0.15) is 11.5 Å². The molecule has 2 aromatic carbocycles. The summed E-state index contributed by atoms with van der Waals surface area (Å²) in [5.74, 6) is 1.05. The van der Waals surface area contributed by atoms with E-state index in [4.69, 9.17) is 9.47 Å². The van der Waals surface area contributed by atoms with E-state index >= 15 is 0 Å². The maximum atomic E-state index is 12.5. The van der Waals surface area contributed by atoms with Gasteiger partial charge in [0, 0.05) is 31.4 Å². The minimum absolute atomic E-state index is 0.190. The fraction of sp³-hybridized carbons (Fsp3) is 0.278. The number of methoxy groups -OCH3 is 2. The van der Waals surface area contributed by atoms with Crippen molar-refractivity contribution >= 4 is 17.3 Å². The third-order valence-corrected chi connectivity index (χ3v) is 3.60. The van der Waals surface area contributed by atoms with E-state index in [0.717, 1.165) is 11.3 Å². The summed E-state index contributed by atoms with van der Waals surface area (Å²) in [4.78, 5) is 14.5. The number of amides is 1. The SMILES string of the molecule is COc1ccc(OC)c(NC(=O)c2ccc(N(C)C)c(C)c2)c1. The minimum atomic E-state index is -0.190. The van der Waals surface area contributed by atoms with Crippen molar-refractivity contribution in [3.05, 3.63) is 47.5 Å². The number of carbonyl (C=O) groups excluding carboxylic acids is 1. The molecule has 0 aromatic heterocycles. The Kier molecular flexibility index (Phi) is 5.11. The number of ether oxygens (including phenoxy) is 2. The zero-order chi connectivity index (χ0) is 17.0. The molecular formula is C18H22N2O3. The molecule has 0 aliphatic rings. The number of hydrogen-bond acceptors (Lipinski definition) is 4. The molecular weight excluding hydrogens is 292 g/mol. The highest BCUT2D eigenvalue weighted by molar-refractivity contribution is 6.05. The van der Waals surface area contributed by atoms with Gasteiger partial charge in [-0.25, -0.2) is 0 Å². The Morgan fingerprint density at radius 3 is 2.35 bits per heavy atom. The molecule has 1 N–H and O–H groups in total. The molecule has 0 heterocycles. The van der Waals surface area contributed by atoms with Crippen LogP contribution in [0.25, 0.3) is 0 Å². The number of benzene rings is 2. The van der Waals surface area contributed by atoms with E-state index in [1.807, 2.05) is 44.1 Å². The second-order valence-electron chi connectivity index (χ2n) is 5.42. The van der Waals surface area contributed by atoms with Crippen LogP contribution < -0.4 is 19.7 Å². The van der Waals surface area contributed by atoms with Crippen molar-refractivity contribution in [3.8, 4) is 11.5 Å². The summed E-state index contributed by atoms with van der Waals surface area (Å²) in [7, 11) is 7.09. The molecule has 0 bridgehead atoms. The van der Waals surface area contributed by atoms with Gasteiger partial charge < -0.3 is 19.7 Å². The summed E-state index contributed by atoms with van der Waals surface area (Å²) in [6.45, 7) is 1.98. The van der Waals surface area contributed by atoms with Gasteiger partial charge in [-0.1, -0.05) is 0 Å². The van der Waals surface area contributed by atoms with Gasteiger partial charge in [0.2, 0.25) is 0 Å². The quantitative estimate of drug-likeness (QED) is 0.920. The van der Waals surface area contributed by atoms with E-state index < -0.39 is 0 Å². The van der Waals surface area contributed by atoms with E-state index in [1.165, 1.54) is 0 Å². The van der Waals surface area contributed by atoms with Crippen molar-refractivity contribution in [1.82, 2.24) is 0 Å². The van der Waals surface area contributed by atoms with Crippen LogP contribution in [0, 0.1) is 6.92 Å². The molecule has 1 amide bonds. The van der Waals surface area contributed by atoms with E-state index in [2.05, 4.69) is 5.32 Å². The first-order valence-electron chi connectivity index (χ1n) is 7.27. The molecule has 0 radical (unpaired) electrons. The highest BCUT2D eigenvalue weighted by Crippen LogP contribution is 2.29. The first kappa shape index (κ1) is 16.7. The van der Waals surface area contributed by atoms with Gasteiger partial charge in [0.15, 0.2) is 0 Å². The fourth-order valence-corrected chi connectivity index (χ4v) is 2.40. The van der Waals surface area contributed by atoms with Crippen LogP contribution in [0.3, 0.4) is 0 Å². The lowest BCUT2D eigenvalue weighted by atomic mass is 10.1. The minimum Gasteiger partial charge on any atom is -0.497 e. The molecule has 0 atom stereocenters. The van der Waals surface area contributed by atoms with Crippen LogP contribution in [0.5, 0.6) is 11.5 Å². The summed E-state index contributed by atoms with van der Waals surface area (Å²) in [5.41, 5.74) is 3.30. The van der Waals surface area contributed by atoms with Crippen molar-refractivity contribution in [2.45, 2.75) is 6.92 Å². The number of anilines is 2. The Balaban J connectivity index is 2.27. The Morgan fingerprint density at radius 1 is 1.04 bits per heavy atom. The predicted octanol–water partition coefficient (Wildman–Crippen LogP) is 3.33. The molecule has 2 rings (SSSR count). The summed E-state index contributed by atoms with van der Waals surface area (Å²) in [5, 5.41) is 2.87. The van der Waals surface area contributed by atoms with Crippen molar-refractivity contribution in [2.75, 3.05) is 38.5 Å². The maximum Gasteiger partial charge on any atom is 0.255 e. The average Bonchev–Trinajstić information content (AvgIpc) is 2.54. The molecule has 0 spiro atoms. The lowest BCUT2D eigenvalue weighted by Gasteiger charge is -2.16. The van der Waals surface area contributed by atoms with Crippen molar-refractivity contribution < 1.29 is 14.3 Å². The largest absolute Gasteiger partial charge is 0.497 e. The molecule has 0 saturated heterocycles. The average molecular weight is 314 g/mol. The highest BCUT2D eigenvalue weighted by Gasteiger charge is 2.12. The standard InChI is InChI=1S/C18H22N2O3/c1-12-10-13(6-8-16(12)20(2)3)18(21)19-15-11-14(22-4)7-9-17(15)23-5/h6-11H,1-5H3,(H,19,21). The summed E-state index contributed by atoms with van der Waals surface area (Å²) < 4.78 is 10.5. The van der Waals surface area contributed by atoms with Crippen LogP contribution in [0.4, 0.5) is 11.4 Å². The van der Waals surface area contributed by atoms with Crippen LogP contribution in [0.15, 0.2) is 36.4 Å². The molecule has 0 unspecified atom stereocenters. The van der Waals surface area contributed by atoms with Gasteiger partial charge in [0.05, 0.1) is 19.9 Å². The molecule has 2 aromatic rings. The Hall–Kier alpha value is -2.69. The molecule has 0 aliphatic carbocycles. The van der Waals surface area contributed by atoms with Crippen molar-refractivity contribution in [1.29, 1.82) is 0 Å². The van der Waals surface area contributed by atoms with Crippen LogP contribution in [-0.4, -0.2) is 34.2 Å². The zero-order valence-corrected chi connectivity index (χ0v) is 14.1. The number of nitrogens with one attached hydrogen (secondary N) is 1. The van der Waals surface area contributed by atoms with Gasteiger partial charge in [-0.05, 0) is 42.8 Å². The zero-order valence-electron chi connectivity index (χ0n) is 14.1. The summed E-state index contributed by atoms with van der Waals surface area (Å²) in [6.07, 6.45) is 0. The summed E-state index contributed by atoms with van der Waals surface area (Å²) >= 11 is 0. The number of hydrogen-bond donors (Lipinski definition) is 1. The van der Waals surface area contributed by atoms with E-state index in [1.54, 1.807) is 32.4 Å². The molecule has 5 heteroatoms. The number of nitrogens with zero attached hydrogens (tertiary/aromatic N) is 1. The third kappa shape index (κ3) is 3.74. The molecule has 0 aliphatic heterocycles. The second kappa shape index (κ2) is 7.05.